The minimum Gasteiger partial charge on any atom is -0.478 e. The summed E-state index contributed by atoms with van der Waals surface area (Å²) in [5.74, 6) is -0.944. The third-order valence-corrected chi connectivity index (χ3v) is 4.22. The zero-order valence-electron chi connectivity index (χ0n) is 11.4. The lowest BCUT2D eigenvalue weighted by Crippen LogP contribution is -2.36. The standard InChI is InChI=1S/C15H18BrNO3/c1-17(12-6-8-20-9-7-12)13-4-2-11(14(16)10-13)3-5-15(18)19/h2-5,10,12H,6-9H2,1H3,(H,18,19)/b5-3+. The van der Waals surface area contributed by atoms with Crippen LogP contribution in [0.3, 0.4) is 0 Å². The van der Waals surface area contributed by atoms with Crippen molar-refractivity contribution >= 4 is 33.7 Å². The Balaban J connectivity index is 2.13. The molecule has 0 atom stereocenters. The van der Waals surface area contributed by atoms with E-state index >= 15 is 0 Å². The number of carboxylic acids is 1. The molecule has 1 fully saturated rings. The molecule has 0 bridgehead atoms. The molecule has 5 heteroatoms. The number of aliphatic carboxylic acids is 1. The van der Waals surface area contributed by atoms with Gasteiger partial charge >= 0.3 is 5.97 Å². The summed E-state index contributed by atoms with van der Waals surface area (Å²) in [7, 11) is 2.09. The van der Waals surface area contributed by atoms with Crippen LogP contribution in [0.5, 0.6) is 0 Å². The van der Waals surface area contributed by atoms with Crippen molar-refractivity contribution in [2.75, 3.05) is 25.2 Å². The third kappa shape index (κ3) is 3.84. The van der Waals surface area contributed by atoms with Crippen LogP contribution in [-0.2, 0) is 9.53 Å². The maximum Gasteiger partial charge on any atom is 0.328 e. The number of nitrogens with zero attached hydrogens (tertiary/aromatic N) is 1. The Morgan fingerprint density at radius 2 is 2.15 bits per heavy atom. The zero-order valence-corrected chi connectivity index (χ0v) is 13.0. The molecule has 0 radical (unpaired) electrons. The Bertz CT molecular complexity index is 510. The van der Waals surface area contributed by atoms with Crippen molar-refractivity contribution in [3.8, 4) is 0 Å². The predicted octanol–water partition coefficient (Wildman–Crippen LogP) is 3.16. The lowest BCUT2D eigenvalue weighted by molar-refractivity contribution is -0.131. The van der Waals surface area contributed by atoms with E-state index < -0.39 is 5.97 Å². The largest absolute Gasteiger partial charge is 0.478 e. The molecule has 20 heavy (non-hydrogen) atoms. The van der Waals surface area contributed by atoms with Crippen LogP contribution in [0.1, 0.15) is 18.4 Å². The number of halogens is 1. The summed E-state index contributed by atoms with van der Waals surface area (Å²) in [6.45, 7) is 1.63. The van der Waals surface area contributed by atoms with E-state index in [4.69, 9.17) is 9.84 Å². The van der Waals surface area contributed by atoms with E-state index in [0.29, 0.717) is 6.04 Å². The third-order valence-electron chi connectivity index (χ3n) is 3.54. The maximum absolute atomic E-state index is 10.5. The maximum atomic E-state index is 10.5. The Hall–Kier alpha value is -1.33. The van der Waals surface area contributed by atoms with Gasteiger partial charge in [-0.25, -0.2) is 4.79 Å². The van der Waals surface area contributed by atoms with Crippen molar-refractivity contribution in [3.05, 3.63) is 34.3 Å². The predicted molar refractivity (Wildman–Crippen MR) is 83.1 cm³/mol. The van der Waals surface area contributed by atoms with E-state index in [1.165, 1.54) is 0 Å². The van der Waals surface area contributed by atoms with Gasteiger partial charge in [-0.1, -0.05) is 22.0 Å². The Morgan fingerprint density at radius 1 is 1.45 bits per heavy atom. The Morgan fingerprint density at radius 3 is 2.75 bits per heavy atom. The van der Waals surface area contributed by atoms with Gasteiger partial charge in [0.05, 0.1) is 0 Å². The summed E-state index contributed by atoms with van der Waals surface area (Å²) in [6.07, 6.45) is 4.80. The van der Waals surface area contributed by atoms with Gasteiger partial charge < -0.3 is 14.7 Å². The average Bonchev–Trinajstić information content (AvgIpc) is 2.46. The highest BCUT2D eigenvalue weighted by Crippen LogP contribution is 2.27. The molecule has 0 saturated carbocycles. The Labute approximate surface area is 127 Å². The van der Waals surface area contributed by atoms with E-state index in [9.17, 15) is 4.79 Å². The van der Waals surface area contributed by atoms with Crippen molar-refractivity contribution in [1.29, 1.82) is 0 Å². The highest BCUT2D eigenvalue weighted by molar-refractivity contribution is 9.10. The smallest absolute Gasteiger partial charge is 0.328 e. The number of carboxylic acid groups (broad SMARTS) is 1. The molecule has 1 heterocycles. The van der Waals surface area contributed by atoms with Gasteiger partial charge in [0.1, 0.15) is 0 Å². The number of anilines is 1. The molecule has 4 nitrogen and oxygen atoms in total. The van der Waals surface area contributed by atoms with Crippen LogP contribution >= 0.6 is 15.9 Å². The van der Waals surface area contributed by atoms with Gasteiger partial charge in [-0.3, -0.25) is 0 Å². The fraction of sp³-hybridized carbons (Fsp3) is 0.400. The minimum absolute atomic E-state index is 0.496. The molecule has 0 unspecified atom stereocenters. The molecule has 1 saturated heterocycles. The second-order valence-electron chi connectivity index (χ2n) is 4.83. The highest BCUT2D eigenvalue weighted by atomic mass is 79.9. The molecule has 0 amide bonds. The summed E-state index contributed by atoms with van der Waals surface area (Å²) in [4.78, 5) is 12.8. The number of ether oxygens (including phenoxy) is 1. The summed E-state index contributed by atoms with van der Waals surface area (Å²) < 4.78 is 6.28. The van der Waals surface area contributed by atoms with Crippen molar-refractivity contribution in [3.63, 3.8) is 0 Å². The summed E-state index contributed by atoms with van der Waals surface area (Å²) >= 11 is 3.49. The van der Waals surface area contributed by atoms with Crippen LogP contribution in [0, 0.1) is 0 Å². The van der Waals surface area contributed by atoms with Crippen LogP contribution in [-0.4, -0.2) is 37.4 Å². The SMILES string of the molecule is CN(c1ccc(/C=C/C(=O)O)c(Br)c1)C1CCOCC1. The first kappa shape index (κ1) is 15.1. The van der Waals surface area contributed by atoms with E-state index in [-0.39, 0.29) is 0 Å². The first-order chi connectivity index (χ1) is 9.58. The molecule has 1 N–H and O–H groups in total. The Kier molecular flexibility index (Phi) is 5.20. The van der Waals surface area contributed by atoms with Gasteiger partial charge in [0.15, 0.2) is 0 Å². The van der Waals surface area contributed by atoms with Crippen molar-refractivity contribution < 1.29 is 14.6 Å². The normalized spacial score (nSPS) is 16.5. The van der Waals surface area contributed by atoms with Crippen LogP contribution < -0.4 is 4.90 Å². The van der Waals surface area contributed by atoms with Gasteiger partial charge in [-0.05, 0) is 36.6 Å². The van der Waals surface area contributed by atoms with E-state index in [0.717, 1.165) is 47.9 Å². The quantitative estimate of drug-likeness (QED) is 0.856. The van der Waals surface area contributed by atoms with Crippen molar-refractivity contribution in [2.24, 2.45) is 0 Å². The first-order valence-electron chi connectivity index (χ1n) is 6.59. The number of hydrogen-bond donors (Lipinski definition) is 1. The molecule has 1 aromatic rings. The molecule has 0 aromatic heterocycles. The molecule has 1 aromatic carbocycles. The topological polar surface area (TPSA) is 49.8 Å². The molecular weight excluding hydrogens is 322 g/mol. The minimum atomic E-state index is -0.944. The van der Waals surface area contributed by atoms with Gasteiger partial charge in [-0.2, -0.15) is 0 Å². The van der Waals surface area contributed by atoms with Crippen LogP contribution in [0.4, 0.5) is 5.69 Å². The lowest BCUT2D eigenvalue weighted by Gasteiger charge is -2.33. The molecule has 1 aliphatic heterocycles. The molecule has 1 aliphatic rings. The second-order valence-corrected chi connectivity index (χ2v) is 5.69. The van der Waals surface area contributed by atoms with Crippen LogP contribution in [0.2, 0.25) is 0 Å². The highest BCUT2D eigenvalue weighted by Gasteiger charge is 2.19. The first-order valence-corrected chi connectivity index (χ1v) is 7.38. The van der Waals surface area contributed by atoms with Crippen LogP contribution in [0.25, 0.3) is 6.08 Å². The fourth-order valence-corrected chi connectivity index (χ4v) is 2.81. The van der Waals surface area contributed by atoms with Gasteiger partial charge in [0.2, 0.25) is 0 Å². The monoisotopic (exact) mass is 339 g/mol. The van der Waals surface area contributed by atoms with Gasteiger partial charge in [-0.15, -0.1) is 0 Å². The van der Waals surface area contributed by atoms with Crippen molar-refractivity contribution in [2.45, 2.75) is 18.9 Å². The zero-order chi connectivity index (χ0) is 14.5. The van der Waals surface area contributed by atoms with E-state index in [2.05, 4.69) is 27.9 Å². The van der Waals surface area contributed by atoms with E-state index in [1.807, 2.05) is 18.2 Å². The van der Waals surface area contributed by atoms with Gasteiger partial charge in [0, 0.05) is 42.5 Å². The molecule has 0 spiro atoms. The van der Waals surface area contributed by atoms with Crippen LogP contribution in [0.15, 0.2) is 28.7 Å². The number of benzene rings is 1. The molecule has 108 valence electrons. The summed E-state index contributed by atoms with van der Waals surface area (Å²) in [5.41, 5.74) is 1.98. The second kappa shape index (κ2) is 6.90. The molecule has 2 rings (SSSR count). The van der Waals surface area contributed by atoms with Crippen molar-refractivity contribution in [1.82, 2.24) is 0 Å². The summed E-state index contributed by atoms with van der Waals surface area (Å²) in [6, 6.07) is 6.46. The lowest BCUT2D eigenvalue weighted by atomic mass is 10.1. The number of carbonyl (C=O) groups is 1. The molecular formula is C15H18BrNO3. The van der Waals surface area contributed by atoms with E-state index in [1.54, 1.807) is 6.08 Å². The fourth-order valence-electron chi connectivity index (χ4n) is 2.31. The van der Waals surface area contributed by atoms with Gasteiger partial charge in [0.25, 0.3) is 0 Å². The number of hydrogen-bond acceptors (Lipinski definition) is 3. The molecule has 0 aliphatic carbocycles. The average molecular weight is 340 g/mol. The number of rotatable bonds is 4. The summed E-state index contributed by atoms with van der Waals surface area (Å²) in [5, 5.41) is 8.66.